The van der Waals surface area contributed by atoms with E-state index in [0.29, 0.717) is 6.42 Å². The van der Waals surface area contributed by atoms with E-state index < -0.39 is 17.9 Å². The van der Waals surface area contributed by atoms with Crippen molar-refractivity contribution in [2.45, 2.75) is 19.4 Å². The van der Waals surface area contributed by atoms with Crippen LogP contribution in [-0.2, 0) is 4.79 Å². The van der Waals surface area contributed by atoms with Crippen LogP contribution in [0.5, 0.6) is 5.75 Å². The first kappa shape index (κ1) is 11.8. The second kappa shape index (κ2) is 4.98. The molecule has 15 heavy (non-hydrogen) atoms. The molecule has 0 bridgehead atoms. The molecular weight excluding hydrogens is 223 g/mol. The summed E-state index contributed by atoms with van der Waals surface area (Å²) in [6.45, 7) is 1.67. The van der Waals surface area contributed by atoms with Crippen LogP contribution in [0.15, 0.2) is 18.2 Å². The molecule has 0 aliphatic heterocycles. The highest BCUT2D eigenvalue weighted by Crippen LogP contribution is 2.21. The summed E-state index contributed by atoms with van der Waals surface area (Å²) < 4.78 is 18.0. The van der Waals surface area contributed by atoms with Gasteiger partial charge in [-0.1, -0.05) is 18.5 Å². The third-order valence-corrected chi connectivity index (χ3v) is 2.12. The maximum Gasteiger partial charge on any atom is 0.344 e. The molecule has 1 aromatic rings. The Balaban J connectivity index is 2.80. The lowest BCUT2D eigenvalue weighted by Gasteiger charge is -2.13. The van der Waals surface area contributed by atoms with Crippen molar-refractivity contribution < 1.29 is 19.0 Å². The Morgan fingerprint density at radius 1 is 1.67 bits per heavy atom. The Labute approximate surface area is 91.4 Å². The van der Waals surface area contributed by atoms with E-state index in [1.807, 2.05) is 0 Å². The molecule has 0 aromatic heterocycles. The smallest absolute Gasteiger partial charge is 0.344 e. The Bertz CT molecular complexity index is 368. The highest BCUT2D eigenvalue weighted by molar-refractivity contribution is 6.30. The Morgan fingerprint density at radius 3 is 2.80 bits per heavy atom. The van der Waals surface area contributed by atoms with Crippen molar-refractivity contribution in [2.75, 3.05) is 0 Å². The highest BCUT2D eigenvalue weighted by atomic mass is 35.5. The van der Waals surface area contributed by atoms with Gasteiger partial charge in [0, 0.05) is 6.07 Å². The topological polar surface area (TPSA) is 46.5 Å². The van der Waals surface area contributed by atoms with Crippen molar-refractivity contribution in [2.24, 2.45) is 0 Å². The number of carbonyl (C=O) groups is 1. The molecule has 0 heterocycles. The summed E-state index contributed by atoms with van der Waals surface area (Å²) in [5, 5.41) is 8.69. The molecule has 0 saturated heterocycles. The van der Waals surface area contributed by atoms with E-state index in [1.165, 1.54) is 12.1 Å². The van der Waals surface area contributed by atoms with Gasteiger partial charge in [0.25, 0.3) is 0 Å². The largest absolute Gasteiger partial charge is 0.479 e. The van der Waals surface area contributed by atoms with Crippen molar-refractivity contribution >= 4 is 17.6 Å². The number of carboxylic acids is 1. The molecule has 0 fully saturated rings. The van der Waals surface area contributed by atoms with Crippen LogP contribution in [0.4, 0.5) is 4.39 Å². The molecule has 3 nitrogen and oxygen atoms in total. The van der Waals surface area contributed by atoms with Gasteiger partial charge in [-0.15, -0.1) is 0 Å². The van der Waals surface area contributed by atoms with Gasteiger partial charge in [0.2, 0.25) is 0 Å². The van der Waals surface area contributed by atoms with E-state index in [-0.39, 0.29) is 10.8 Å². The second-order valence-corrected chi connectivity index (χ2v) is 3.34. The number of hydrogen-bond donors (Lipinski definition) is 1. The van der Waals surface area contributed by atoms with Gasteiger partial charge in [0.1, 0.15) is 11.6 Å². The number of halogens is 2. The summed E-state index contributed by atoms with van der Waals surface area (Å²) in [5.74, 6) is -1.55. The molecule has 0 amide bonds. The fraction of sp³-hybridized carbons (Fsp3) is 0.300. The van der Waals surface area contributed by atoms with Crippen LogP contribution in [0.25, 0.3) is 0 Å². The molecular formula is C10H10ClFO3. The van der Waals surface area contributed by atoms with Crippen molar-refractivity contribution in [1.82, 2.24) is 0 Å². The highest BCUT2D eigenvalue weighted by Gasteiger charge is 2.17. The van der Waals surface area contributed by atoms with Crippen LogP contribution >= 0.6 is 11.6 Å². The number of hydrogen-bond acceptors (Lipinski definition) is 2. The van der Waals surface area contributed by atoms with Gasteiger partial charge in [0.05, 0.1) is 5.02 Å². The summed E-state index contributed by atoms with van der Waals surface area (Å²) in [4.78, 5) is 10.6. The lowest BCUT2D eigenvalue weighted by atomic mass is 10.2. The molecule has 5 heteroatoms. The third-order valence-electron chi connectivity index (χ3n) is 1.82. The maximum atomic E-state index is 13.0. The van der Waals surface area contributed by atoms with Gasteiger partial charge in [-0.05, 0) is 18.6 Å². The predicted octanol–water partition coefficient (Wildman–Crippen LogP) is 2.72. The fourth-order valence-electron chi connectivity index (χ4n) is 1.02. The Hall–Kier alpha value is -1.29. The SMILES string of the molecule is CCC(Oc1ccc(Cl)c(F)c1)C(=O)O. The zero-order valence-electron chi connectivity index (χ0n) is 8.04. The number of benzene rings is 1. The lowest BCUT2D eigenvalue weighted by molar-refractivity contribution is -0.145. The minimum Gasteiger partial charge on any atom is -0.479 e. The molecule has 0 aliphatic carbocycles. The van der Waals surface area contributed by atoms with Crippen LogP contribution < -0.4 is 4.74 Å². The number of ether oxygens (including phenoxy) is 1. The van der Waals surface area contributed by atoms with Crippen molar-refractivity contribution in [3.8, 4) is 5.75 Å². The summed E-state index contributed by atoms with van der Waals surface area (Å²) in [6, 6.07) is 3.81. The van der Waals surface area contributed by atoms with Crippen LogP contribution in [0.1, 0.15) is 13.3 Å². The molecule has 1 N–H and O–H groups in total. The van der Waals surface area contributed by atoms with Crippen LogP contribution in [-0.4, -0.2) is 17.2 Å². The Morgan fingerprint density at radius 2 is 2.33 bits per heavy atom. The van der Waals surface area contributed by atoms with E-state index in [9.17, 15) is 9.18 Å². The van der Waals surface area contributed by atoms with E-state index >= 15 is 0 Å². The zero-order chi connectivity index (χ0) is 11.4. The average Bonchev–Trinajstić information content (AvgIpc) is 2.19. The van der Waals surface area contributed by atoms with E-state index in [0.717, 1.165) is 6.07 Å². The summed E-state index contributed by atoms with van der Waals surface area (Å²) in [6.07, 6.45) is -0.662. The molecule has 1 unspecified atom stereocenters. The minimum atomic E-state index is -1.08. The molecule has 0 radical (unpaired) electrons. The first-order valence-electron chi connectivity index (χ1n) is 4.39. The molecule has 0 spiro atoms. The van der Waals surface area contributed by atoms with Crippen molar-refractivity contribution in [1.29, 1.82) is 0 Å². The van der Waals surface area contributed by atoms with Gasteiger partial charge in [-0.3, -0.25) is 0 Å². The van der Waals surface area contributed by atoms with Crippen molar-refractivity contribution in [3.63, 3.8) is 0 Å². The molecule has 1 aromatic carbocycles. The summed E-state index contributed by atoms with van der Waals surface area (Å²) in [5.41, 5.74) is 0. The molecule has 1 rings (SSSR count). The summed E-state index contributed by atoms with van der Waals surface area (Å²) >= 11 is 5.47. The first-order chi connectivity index (χ1) is 7.04. The number of rotatable bonds is 4. The van der Waals surface area contributed by atoms with Gasteiger partial charge in [-0.25, -0.2) is 9.18 Å². The zero-order valence-corrected chi connectivity index (χ0v) is 8.79. The maximum absolute atomic E-state index is 13.0. The third kappa shape index (κ3) is 3.09. The number of carboxylic acid groups (broad SMARTS) is 1. The Kier molecular flexibility index (Phi) is 3.91. The van der Waals surface area contributed by atoms with Crippen molar-refractivity contribution in [3.05, 3.63) is 29.0 Å². The van der Waals surface area contributed by atoms with Crippen LogP contribution in [0.3, 0.4) is 0 Å². The van der Waals surface area contributed by atoms with Crippen LogP contribution in [0, 0.1) is 5.82 Å². The number of aliphatic carboxylic acids is 1. The van der Waals surface area contributed by atoms with Gasteiger partial charge in [0.15, 0.2) is 6.10 Å². The fourth-order valence-corrected chi connectivity index (χ4v) is 1.14. The van der Waals surface area contributed by atoms with E-state index in [2.05, 4.69) is 0 Å². The normalized spacial score (nSPS) is 12.2. The first-order valence-corrected chi connectivity index (χ1v) is 4.77. The second-order valence-electron chi connectivity index (χ2n) is 2.93. The standard InChI is InChI=1S/C10H10ClFO3/c1-2-9(10(13)14)15-6-3-4-7(11)8(12)5-6/h3-5,9H,2H2,1H3,(H,13,14). The van der Waals surface area contributed by atoms with Gasteiger partial charge >= 0.3 is 5.97 Å². The quantitative estimate of drug-likeness (QED) is 0.868. The van der Waals surface area contributed by atoms with E-state index in [1.54, 1.807) is 6.92 Å². The average molecular weight is 233 g/mol. The van der Waals surface area contributed by atoms with Gasteiger partial charge < -0.3 is 9.84 Å². The van der Waals surface area contributed by atoms with Gasteiger partial charge in [-0.2, -0.15) is 0 Å². The molecule has 1 atom stereocenters. The lowest BCUT2D eigenvalue weighted by Crippen LogP contribution is -2.25. The van der Waals surface area contributed by atoms with Crippen LogP contribution in [0.2, 0.25) is 5.02 Å². The molecule has 82 valence electrons. The summed E-state index contributed by atoms with van der Waals surface area (Å²) in [7, 11) is 0. The minimum absolute atomic E-state index is 0.0225. The molecule has 0 aliphatic rings. The van der Waals surface area contributed by atoms with E-state index in [4.69, 9.17) is 21.4 Å². The monoisotopic (exact) mass is 232 g/mol. The molecule has 0 saturated carbocycles. The predicted molar refractivity (Wildman–Crippen MR) is 53.8 cm³/mol.